The highest BCUT2D eigenvalue weighted by molar-refractivity contribution is 7.09. The second-order valence-electron chi connectivity index (χ2n) is 6.00. The highest BCUT2D eigenvalue weighted by atomic mass is 32.1. The largest absolute Gasteiger partial charge is 0.375 e. The fourth-order valence-electron chi connectivity index (χ4n) is 3.37. The standard InChI is InChI=1S/C14H23N3OS/c1-10-9-19-13(16-10)7-12(17-15)11-3-6-18-14(8-11)4-2-5-14/h9,11-12,17H,2-8,15H2,1H3. The fourth-order valence-corrected chi connectivity index (χ4v) is 4.21. The minimum absolute atomic E-state index is 0.191. The number of aromatic nitrogens is 1. The van der Waals surface area contributed by atoms with E-state index in [-0.39, 0.29) is 5.60 Å². The van der Waals surface area contributed by atoms with Crippen LogP contribution in [-0.4, -0.2) is 23.2 Å². The van der Waals surface area contributed by atoms with E-state index in [4.69, 9.17) is 10.6 Å². The minimum atomic E-state index is 0.191. The van der Waals surface area contributed by atoms with E-state index >= 15 is 0 Å². The van der Waals surface area contributed by atoms with Crippen LogP contribution in [0.1, 0.15) is 42.8 Å². The topological polar surface area (TPSA) is 60.2 Å². The summed E-state index contributed by atoms with van der Waals surface area (Å²) < 4.78 is 6.00. The molecule has 19 heavy (non-hydrogen) atoms. The molecule has 1 aliphatic heterocycles. The van der Waals surface area contributed by atoms with Gasteiger partial charge in [0.15, 0.2) is 0 Å². The van der Waals surface area contributed by atoms with Crippen molar-refractivity contribution in [2.45, 2.75) is 57.1 Å². The van der Waals surface area contributed by atoms with Crippen LogP contribution < -0.4 is 11.3 Å². The smallest absolute Gasteiger partial charge is 0.0944 e. The maximum absolute atomic E-state index is 6.00. The van der Waals surface area contributed by atoms with Gasteiger partial charge in [-0.25, -0.2) is 4.98 Å². The predicted molar refractivity (Wildman–Crippen MR) is 76.9 cm³/mol. The molecule has 106 valence electrons. The monoisotopic (exact) mass is 281 g/mol. The number of nitrogens with one attached hydrogen (secondary N) is 1. The van der Waals surface area contributed by atoms with Gasteiger partial charge in [0.2, 0.25) is 0 Å². The number of aryl methyl sites for hydroxylation is 1. The van der Waals surface area contributed by atoms with Gasteiger partial charge in [0.25, 0.3) is 0 Å². The molecule has 5 heteroatoms. The lowest BCUT2D eigenvalue weighted by atomic mass is 9.70. The van der Waals surface area contributed by atoms with E-state index < -0.39 is 0 Å². The summed E-state index contributed by atoms with van der Waals surface area (Å²) in [5.74, 6) is 6.41. The molecule has 3 N–H and O–H groups in total. The second-order valence-corrected chi connectivity index (χ2v) is 6.94. The molecule has 1 spiro atoms. The minimum Gasteiger partial charge on any atom is -0.375 e. The Labute approximate surface area is 118 Å². The molecule has 1 aliphatic carbocycles. The van der Waals surface area contributed by atoms with Gasteiger partial charge in [-0.3, -0.25) is 11.3 Å². The Morgan fingerprint density at radius 1 is 1.63 bits per heavy atom. The lowest BCUT2D eigenvalue weighted by Gasteiger charge is -2.48. The van der Waals surface area contributed by atoms with Crippen molar-refractivity contribution in [3.05, 3.63) is 16.1 Å². The number of hydrogen-bond donors (Lipinski definition) is 2. The SMILES string of the molecule is Cc1csc(CC(NN)C2CCOC3(CCC3)C2)n1. The van der Waals surface area contributed by atoms with E-state index in [1.165, 1.54) is 24.3 Å². The van der Waals surface area contributed by atoms with Crippen LogP contribution in [0.3, 0.4) is 0 Å². The average Bonchev–Trinajstić information content (AvgIpc) is 2.80. The Bertz CT molecular complexity index is 430. The summed E-state index contributed by atoms with van der Waals surface area (Å²) in [5.41, 5.74) is 4.33. The molecule has 1 saturated carbocycles. The maximum Gasteiger partial charge on any atom is 0.0944 e. The molecule has 0 radical (unpaired) electrons. The summed E-state index contributed by atoms with van der Waals surface area (Å²) in [5, 5.41) is 3.30. The zero-order chi connectivity index (χ0) is 13.3. The van der Waals surface area contributed by atoms with Gasteiger partial charge in [-0.15, -0.1) is 11.3 Å². The quantitative estimate of drug-likeness (QED) is 0.656. The normalized spacial score (nSPS) is 27.2. The Kier molecular flexibility index (Phi) is 3.89. The molecule has 1 aromatic heterocycles. The number of nitrogens with zero attached hydrogens (tertiary/aromatic N) is 1. The van der Waals surface area contributed by atoms with Crippen LogP contribution in [0.5, 0.6) is 0 Å². The van der Waals surface area contributed by atoms with E-state index in [0.717, 1.165) is 31.6 Å². The average molecular weight is 281 g/mol. The van der Waals surface area contributed by atoms with Crippen molar-refractivity contribution in [3.8, 4) is 0 Å². The highest BCUT2D eigenvalue weighted by Crippen LogP contribution is 2.45. The van der Waals surface area contributed by atoms with Crippen LogP contribution in [0.15, 0.2) is 5.38 Å². The van der Waals surface area contributed by atoms with Crippen molar-refractivity contribution < 1.29 is 4.74 Å². The molecular weight excluding hydrogens is 258 g/mol. The molecule has 3 rings (SSSR count). The summed E-state index contributed by atoms with van der Waals surface area (Å²) in [6, 6.07) is 0.326. The maximum atomic E-state index is 6.00. The zero-order valence-electron chi connectivity index (χ0n) is 11.5. The van der Waals surface area contributed by atoms with Crippen molar-refractivity contribution in [2.24, 2.45) is 11.8 Å². The Morgan fingerprint density at radius 2 is 2.47 bits per heavy atom. The van der Waals surface area contributed by atoms with E-state index in [9.17, 15) is 0 Å². The lowest BCUT2D eigenvalue weighted by Crippen LogP contribution is -2.52. The van der Waals surface area contributed by atoms with Gasteiger partial charge in [-0.1, -0.05) is 0 Å². The summed E-state index contributed by atoms with van der Waals surface area (Å²) >= 11 is 1.74. The zero-order valence-corrected chi connectivity index (χ0v) is 12.3. The molecule has 1 saturated heterocycles. The van der Waals surface area contributed by atoms with Gasteiger partial charge < -0.3 is 4.74 Å². The molecule has 0 aromatic carbocycles. The third kappa shape index (κ3) is 2.84. The molecule has 2 atom stereocenters. The first-order valence-corrected chi connectivity index (χ1v) is 8.10. The van der Waals surface area contributed by atoms with Gasteiger partial charge in [0, 0.05) is 30.1 Å². The van der Waals surface area contributed by atoms with Crippen LogP contribution in [0.25, 0.3) is 0 Å². The molecule has 4 nitrogen and oxygen atoms in total. The third-order valence-electron chi connectivity index (χ3n) is 4.64. The first-order valence-electron chi connectivity index (χ1n) is 7.22. The Morgan fingerprint density at radius 3 is 3.05 bits per heavy atom. The number of hydrogen-bond acceptors (Lipinski definition) is 5. The Balaban J connectivity index is 1.64. The van der Waals surface area contributed by atoms with Gasteiger partial charge in [0.05, 0.1) is 10.6 Å². The molecule has 2 heterocycles. The fraction of sp³-hybridized carbons (Fsp3) is 0.786. The summed E-state index contributed by atoms with van der Waals surface area (Å²) in [6.45, 7) is 2.93. The second kappa shape index (κ2) is 5.48. The highest BCUT2D eigenvalue weighted by Gasteiger charge is 2.44. The van der Waals surface area contributed by atoms with E-state index in [0.29, 0.717) is 12.0 Å². The summed E-state index contributed by atoms with van der Waals surface area (Å²) in [4.78, 5) is 4.56. The molecule has 1 aromatic rings. The van der Waals surface area contributed by atoms with Crippen molar-refractivity contribution in [2.75, 3.05) is 6.61 Å². The predicted octanol–water partition coefficient (Wildman–Crippen LogP) is 2.18. The van der Waals surface area contributed by atoms with Crippen LogP contribution in [-0.2, 0) is 11.2 Å². The van der Waals surface area contributed by atoms with Crippen molar-refractivity contribution in [1.82, 2.24) is 10.4 Å². The molecule has 2 unspecified atom stereocenters. The van der Waals surface area contributed by atoms with Crippen LogP contribution >= 0.6 is 11.3 Å². The van der Waals surface area contributed by atoms with Gasteiger partial charge in [-0.2, -0.15) is 0 Å². The molecular formula is C14H23N3OS. The third-order valence-corrected chi connectivity index (χ3v) is 5.63. The number of ether oxygens (including phenoxy) is 1. The van der Waals surface area contributed by atoms with E-state index in [2.05, 4.69) is 15.8 Å². The number of rotatable bonds is 4. The molecule has 0 amide bonds. The molecule has 2 aliphatic rings. The molecule has 0 bridgehead atoms. The van der Waals surface area contributed by atoms with Crippen LogP contribution in [0.2, 0.25) is 0 Å². The van der Waals surface area contributed by atoms with Gasteiger partial charge >= 0.3 is 0 Å². The molecule has 2 fully saturated rings. The number of thiazole rings is 1. The summed E-state index contributed by atoms with van der Waals surface area (Å²) in [7, 11) is 0. The van der Waals surface area contributed by atoms with E-state index in [1.807, 2.05) is 6.92 Å². The van der Waals surface area contributed by atoms with Crippen molar-refractivity contribution in [3.63, 3.8) is 0 Å². The van der Waals surface area contributed by atoms with Crippen LogP contribution in [0, 0.1) is 12.8 Å². The number of hydrazine groups is 1. The van der Waals surface area contributed by atoms with Crippen molar-refractivity contribution in [1.29, 1.82) is 0 Å². The first kappa shape index (κ1) is 13.5. The Hall–Kier alpha value is -0.490. The van der Waals surface area contributed by atoms with Gasteiger partial charge in [-0.05, 0) is 44.9 Å². The van der Waals surface area contributed by atoms with Crippen LogP contribution in [0.4, 0.5) is 0 Å². The van der Waals surface area contributed by atoms with E-state index in [1.54, 1.807) is 11.3 Å². The first-order chi connectivity index (χ1) is 9.21. The lowest BCUT2D eigenvalue weighted by molar-refractivity contribution is -0.147. The summed E-state index contributed by atoms with van der Waals surface area (Å²) in [6.07, 6.45) is 7.00. The number of nitrogens with two attached hydrogens (primary N) is 1. The van der Waals surface area contributed by atoms with Crippen molar-refractivity contribution >= 4 is 11.3 Å². The van der Waals surface area contributed by atoms with Gasteiger partial charge in [0.1, 0.15) is 0 Å².